The van der Waals surface area contributed by atoms with E-state index in [1.54, 1.807) is 6.92 Å². The number of ether oxygens (including phenoxy) is 1. The van der Waals surface area contributed by atoms with Crippen LogP contribution < -0.4 is 10.6 Å². The van der Waals surface area contributed by atoms with Crippen molar-refractivity contribution in [3.05, 3.63) is 24.3 Å². The van der Waals surface area contributed by atoms with Gasteiger partial charge in [-0.2, -0.15) is 0 Å². The average Bonchev–Trinajstić information content (AvgIpc) is 2.32. The van der Waals surface area contributed by atoms with Crippen molar-refractivity contribution in [3.8, 4) is 0 Å². The third-order valence-electron chi connectivity index (χ3n) is 2.27. The minimum Gasteiger partial charge on any atom is -0.450 e. The lowest BCUT2D eigenvalue weighted by molar-refractivity contribution is 0.168. The maximum Gasteiger partial charge on any atom is 0.411 e. The number of rotatable bonds is 6. The summed E-state index contributed by atoms with van der Waals surface area (Å²) in [5, 5.41) is 5.96. The second-order valence-corrected chi connectivity index (χ2v) is 3.70. The van der Waals surface area contributed by atoms with Crippen LogP contribution in [0.2, 0.25) is 0 Å². The monoisotopic (exact) mass is 236 g/mol. The van der Waals surface area contributed by atoms with Gasteiger partial charge in [0.25, 0.3) is 0 Å². The Kier molecular flexibility index (Phi) is 5.93. The quantitative estimate of drug-likeness (QED) is 0.743. The van der Waals surface area contributed by atoms with Crippen molar-refractivity contribution in [3.63, 3.8) is 0 Å². The van der Waals surface area contributed by atoms with Crippen molar-refractivity contribution in [2.45, 2.75) is 26.7 Å². The molecule has 0 atom stereocenters. The summed E-state index contributed by atoms with van der Waals surface area (Å²) in [4.78, 5) is 11.2. The van der Waals surface area contributed by atoms with Crippen LogP contribution in [0.3, 0.4) is 0 Å². The number of unbranched alkanes of at least 4 members (excludes halogenated alkanes) is 1. The smallest absolute Gasteiger partial charge is 0.411 e. The van der Waals surface area contributed by atoms with Crippen LogP contribution in [-0.2, 0) is 4.74 Å². The second kappa shape index (κ2) is 7.54. The Labute approximate surface area is 102 Å². The number of amides is 1. The van der Waals surface area contributed by atoms with Crippen molar-refractivity contribution < 1.29 is 9.53 Å². The first-order chi connectivity index (χ1) is 8.26. The van der Waals surface area contributed by atoms with Gasteiger partial charge in [0, 0.05) is 17.9 Å². The molecule has 0 saturated carbocycles. The van der Waals surface area contributed by atoms with Gasteiger partial charge in [0.2, 0.25) is 0 Å². The molecule has 0 fully saturated rings. The molecule has 0 spiro atoms. The Morgan fingerprint density at radius 1 is 1.18 bits per heavy atom. The van der Waals surface area contributed by atoms with Crippen LogP contribution in [0.5, 0.6) is 0 Å². The fourth-order valence-corrected chi connectivity index (χ4v) is 1.37. The molecule has 0 saturated heterocycles. The number of hydrogen-bond donors (Lipinski definition) is 2. The molecule has 17 heavy (non-hydrogen) atoms. The standard InChI is InChI=1S/C13H20N2O2/c1-3-5-10-14-11-6-8-12(9-7-11)15-13(16)17-4-2/h6-9,14H,3-5,10H2,1-2H3,(H,15,16). The van der Waals surface area contributed by atoms with Crippen LogP contribution in [0.4, 0.5) is 16.2 Å². The highest BCUT2D eigenvalue weighted by molar-refractivity contribution is 5.84. The number of carbonyl (C=O) groups is 1. The highest BCUT2D eigenvalue weighted by Crippen LogP contribution is 2.13. The zero-order valence-corrected chi connectivity index (χ0v) is 10.5. The van der Waals surface area contributed by atoms with Crippen LogP contribution >= 0.6 is 0 Å². The lowest BCUT2D eigenvalue weighted by Gasteiger charge is -2.08. The number of anilines is 2. The summed E-state index contributed by atoms with van der Waals surface area (Å²) < 4.78 is 4.79. The van der Waals surface area contributed by atoms with E-state index in [9.17, 15) is 4.79 Å². The zero-order chi connectivity index (χ0) is 12.5. The molecule has 4 heteroatoms. The Balaban J connectivity index is 2.41. The van der Waals surface area contributed by atoms with E-state index in [0.29, 0.717) is 6.61 Å². The summed E-state index contributed by atoms with van der Waals surface area (Å²) in [7, 11) is 0. The number of hydrogen-bond acceptors (Lipinski definition) is 3. The summed E-state index contributed by atoms with van der Waals surface area (Å²) in [6.45, 7) is 5.29. The lowest BCUT2D eigenvalue weighted by Crippen LogP contribution is -2.13. The van der Waals surface area contributed by atoms with Gasteiger partial charge >= 0.3 is 6.09 Å². The van der Waals surface area contributed by atoms with E-state index in [2.05, 4.69) is 17.6 Å². The summed E-state index contributed by atoms with van der Waals surface area (Å²) >= 11 is 0. The predicted octanol–water partition coefficient (Wildman–Crippen LogP) is 3.47. The zero-order valence-electron chi connectivity index (χ0n) is 10.5. The van der Waals surface area contributed by atoms with Gasteiger partial charge in [0.05, 0.1) is 6.61 Å². The number of benzene rings is 1. The maximum atomic E-state index is 11.2. The van der Waals surface area contributed by atoms with Gasteiger partial charge in [-0.05, 0) is 37.6 Å². The van der Waals surface area contributed by atoms with Crippen molar-refractivity contribution in [2.24, 2.45) is 0 Å². The molecule has 0 aliphatic heterocycles. The molecule has 0 unspecified atom stereocenters. The highest BCUT2D eigenvalue weighted by Gasteiger charge is 2.01. The molecule has 2 N–H and O–H groups in total. The van der Waals surface area contributed by atoms with Crippen LogP contribution in [0.25, 0.3) is 0 Å². The van der Waals surface area contributed by atoms with Crippen molar-refractivity contribution >= 4 is 17.5 Å². The molecule has 0 aliphatic carbocycles. The number of carbonyl (C=O) groups excluding carboxylic acids is 1. The molecule has 94 valence electrons. The van der Waals surface area contributed by atoms with Gasteiger partial charge in [0.15, 0.2) is 0 Å². The third kappa shape index (κ3) is 5.24. The summed E-state index contributed by atoms with van der Waals surface area (Å²) in [6, 6.07) is 7.59. The van der Waals surface area contributed by atoms with E-state index < -0.39 is 6.09 Å². The minimum atomic E-state index is -0.417. The van der Waals surface area contributed by atoms with E-state index in [1.165, 1.54) is 6.42 Å². The normalized spacial score (nSPS) is 9.76. The molecule has 1 amide bonds. The Hall–Kier alpha value is -1.71. The molecule has 4 nitrogen and oxygen atoms in total. The summed E-state index contributed by atoms with van der Waals surface area (Å²) in [6.07, 6.45) is 1.91. The van der Waals surface area contributed by atoms with E-state index in [0.717, 1.165) is 24.3 Å². The van der Waals surface area contributed by atoms with Crippen molar-refractivity contribution in [1.29, 1.82) is 0 Å². The Bertz CT molecular complexity index is 336. The fourth-order valence-electron chi connectivity index (χ4n) is 1.37. The van der Waals surface area contributed by atoms with Gasteiger partial charge < -0.3 is 10.1 Å². The first kappa shape index (κ1) is 13.4. The topological polar surface area (TPSA) is 50.4 Å². The van der Waals surface area contributed by atoms with Gasteiger partial charge in [-0.3, -0.25) is 5.32 Å². The highest BCUT2D eigenvalue weighted by atomic mass is 16.5. The van der Waals surface area contributed by atoms with Crippen LogP contribution in [0.15, 0.2) is 24.3 Å². The van der Waals surface area contributed by atoms with E-state index in [-0.39, 0.29) is 0 Å². The van der Waals surface area contributed by atoms with E-state index in [4.69, 9.17) is 4.74 Å². The molecule has 1 aromatic rings. The lowest BCUT2D eigenvalue weighted by atomic mass is 10.2. The van der Waals surface area contributed by atoms with Crippen LogP contribution in [0, 0.1) is 0 Å². The van der Waals surface area contributed by atoms with Crippen LogP contribution in [0.1, 0.15) is 26.7 Å². The molecule has 0 bridgehead atoms. The largest absolute Gasteiger partial charge is 0.450 e. The molecule has 0 aliphatic rings. The first-order valence-corrected chi connectivity index (χ1v) is 6.04. The van der Waals surface area contributed by atoms with Gasteiger partial charge in [0.1, 0.15) is 0 Å². The fraction of sp³-hybridized carbons (Fsp3) is 0.462. The van der Waals surface area contributed by atoms with Gasteiger partial charge in [-0.1, -0.05) is 13.3 Å². The predicted molar refractivity (Wildman–Crippen MR) is 70.5 cm³/mol. The van der Waals surface area contributed by atoms with E-state index in [1.807, 2.05) is 24.3 Å². The first-order valence-electron chi connectivity index (χ1n) is 6.04. The Morgan fingerprint density at radius 3 is 2.41 bits per heavy atom. The molecule has 0 aromatic heterocycles. The molecule has 1 rings (SSSR count). The van der Waals surface area contributed by atoms with Gasteiger partial charge in [-0.25, -0.2) is 4.79 Å². The molecule has 0 radical (unpaired) electrons. The van der Waals surface area contributed by atoms with Crippen molar-refractivity contribution in [1.82, 2.24) is 0 Å². The third-order valence-corrected chi connectivity index (χ3v) is 2.27. The second-order valence-electron chi connectivity index (χ2n) is 3.70. The maximum absolute atomic E-state index is 11.2. The summed E-state index contributed by atoms with van der Waals surface area (Å²) in [5.74, 6) is 0. The molecular formula is C13H20N2O2. The summed E-state index contributed by atoms with van der Waals surface area (Å²) in [5.41, 5.74) is 1.80. The minimum absolute atomic E-state index is 0.377. The van der Waals surface area contributed by atoms with Gasteiger partial charge in [-0.15, -0.1) is 0 Å². The van der Waals surface area contributed by atoms with Crippen molar-refractivity contribution in [2.75, 3.05) is 23.8 Å². The molecular weight excluding hydrogens is 216 g/mol. The average molecular weight is 236 g/mol. The molecule has 1 aromatic carbocycles. The number of nitrogens with one attached hydrogen (secondary N) is 2. The van der Waals surface area contributed by atoms with E-state index >= 15 is 0 Å². The molecule has 0 heterocycles. The SMILES string of the molecule is CCCCNc1ccc(NC(=O)OCC)cc1. The Morgan fingerprint density at radius 2 is 1.82 bits per heavy atom. The van der Waals surface area contributed by atoms with Crippen LogP contribution in [-0.4, -0.2) is 19.2 Å².